The van der Waals surface area contributed by atoms with Gasteiger partial charge in [-0.05, 0) is 26.2 Å². The highest BCUT2D eigenvalue weighted by molar-refractivity contribution is 5.50. The standard InChI is InChI=1S/C14H22N4O/c1-10-9-18(6-3-7-19-10)13-8-12(15-2)16-14(17-13)11-4-5-11/h8,10-11H,3-7,9H2,1-2H3,(H,15,16,17). The Hall–Kier alpha value is -1.36. The number of nitrogens with zero attached hydrogens (tertiary/aromatic N) is 3. The SMILES string of the molecule is CNc1cc(N2CCCOC(C)C2)nc(C2CC2)n1. The van der Waals surface area contributed by atoms with Gasteiger partial charge in [0.05, 0.1) is 6.10 Å². The molecule has 2 heterocycles. The van der Waals surface area contributed by atoms with Gasteiger partial charge in [-0.3, -0.25) is 0 Å². The molecule has 1 aromatic rings. The maximum absolute atomic E-state index is 5.70. The molecule has 0 radical (unpaired) electrons. The summed E-state index contributed by atoms with van der Waals surface area (Å²) in [6.07, 6.45) is 3.78. The summed E-state index contributed by atoms with van der Waals surface area (Å²) in [6.45, 7) is 4.89. The first kappa shape index (κ1) is 12.7. The summed E-state index contributed by atoms with van der Waals surface area (Å²) in [5, 5.41) is 3.15. The molecule has 104 valence electrons. The first-order valence-electron chi connectivity index (χ1n) is 7.19. The van der Waals surface area contributed by atoms with Crippen LogP contribution < -0.4 is 10.2 Å². The average Bonchev–Trinajstić information content (AvgIpc) is 3.25. The Kier molecular flexibility index (Phi) is 3.55. The van der Waals surface area contributed by atoms with Gasteiger partial charge in [-0.1, -0.05) is 0 Å². The third kappa shape index (κ3) is 2.97. The molecule has 2 aliphatic rings. The molecular formula is C14H22N4O. The Balaban J connectivity index is 1.87. The zero-order valence-electron chi connectivity index (χ0n) is 11.7. The van der Waals surface area contributed by atoms with Gasteiger partial charge in [-0.25, -0.2) is 9.97 Å². The number of anilines is 2. The minimum Gasteiger partial charge on any atom is -0.377 e. The summed E-state index contributed by atoms with van der Waals surface area (Å²) >= 11 is 0. The fraction of sp³-hybridized carbons (Fsp3) is 0.714. The Morgan fingerprint density at radius 1 is 1.37 bits per heavy atom. The summed E-state index contributed by atoms with van der Waals surface area (Å²) in [5.74, 6) is 3.54. The van der Waals surface area contributed by atoms with E-state index >= 15 is 0 Å². The van der Waals surface area contributed by atoms with Crippen LogP contribution in [0.4, 0.5) is 11.6 Å². The van der Waals surface area contributed by atoms with E-state index in [1.54, 1.807) is 0 Å². The van der Waals surface area contributed by atoms with E-state index in [9.17, 15) is 0 Å². The molecule has 5 nitrogen and oxygen atoms in total. The molecule has 0 spiro atoms. The van der Waals surface area contributed by atoms with Crippen molar-refractivity contribution in [3.63, 3.8) is 0 Å². The average molecular weight is 262 g/mol. The van der Waals surface area contributed by atoms with Crippen molar-refractivity contribution in [1.82, 2.24) is 9.97 Å². The minimum absolute atomic E-state index is 0.264. The summed E-state index contributed by atoms with van der Waals surface area (Å²) < 4.78 is 5.70. The predicted molar refractivity (Wildman–Crippen MR) is 75.8 cm³/mol. The summed E-state index contributed by atoms with van der Waals surface area (Å²) in [4.78, 5) is 11.7. The zero-order chi connectivity index (χ0) is 13.2. The van der Waals surface area contributed by atoms with Gasteiger partial charge in [-0.15, -0.1) is 0 Å². The van der Waals surface area contributed by atoms with Crippen molar-refractivity contribution in [2.45, 2.75) is 38.2 Å². The van der Waals surface area contributed by atoms with Gasteiger partial charge in [0.2, 0.25) is 0 Å². The molecule has 1 aromatic heterocycles. The number of rotatable bonds is 3. The maximum atomic E-state index is 5.70. The summed E-state index contributed by atoms with van der Waals surface area (Å²) in [5.41, 5.74) is 0. The smallest absolute Gasteiger partial charge is 0.136 e. The quantitative estimate of drug-likeness (QED) is 0.903. The molecule has 1 aliphatic carbocycles. The fourth-order valence-corrected chi connectivity index (χ4v) is 2.47. The lowest BCUT2D eigenvalue weighted by atomic mass is 10.3. The van der Waals surface area contributed by atoms with Crippen molar-refractivity contribution in [3.8, 4) is 0 Å². The molecule has 0 amide bonds. The summed E-state index contributed by atoms with van der Waals surface area (Å²) in [7, 11) is 1.91. The molecule has 1 atom stereocenters. The van der Waals surface area contributed by atoms with E-state index in [4.69, 9.17) is 9.72 Å². The van der Waals surface area contributed by atoms with Gasteiger partial charge in [0.15, 0.2) is 0 Å². The molecule has 3 rings (SSSR count). The van der Waals surface area contributed by atoms with Gasteiger partial charge >= 0.3 is 0 Å². The highest BCUT2D eigenvalue weighted by atomic mass is 16.5. The topological polar surface area (TPSA) is 50.3 Å². The van der Waals surface area contributed by atoms with Crippen LogP contribution in [0, 0.1) is 0 Å². The molecule has 1 saturated carbocycles. The van der Waals surface area contributed by atoms with Crippen molar-refractivity contribution in [2.75, 3.05) is 37.0 Å². The van der Waals surface area contributed by atoms with Crippen LogP contribution in [0.5, 0.6) is 0 Å². The molecule has 1 N–H and O–H groups in total. The second kappa shape index (κ2) is 5.33. The van der Waals surface area contributed by atoms with Crippen molar-refractivity contribution < 1.29 is 4.74 Å². The molecule has 0 aromatic carbocycles. The van der Waals surface area contributed by atoms with E-state index in [1.807, 2.05) is 13.1 Å². The third-order valence-electron chi connectivity index (χ3n) is 3.70. The van der Waals surface area contributed by atoms with Crippen LogP contribution in [0.1, 0.15) is 37.9 Å². The lowest BCUT2D eigenvalue weighted by molar-refractivity contribution is 0.0820. The highest BCUT2D eigenvalue weighted by Gasteiger charge is 2.28. The second-order valence-electron chi connectivity index (χ2n) is 5.47. The molecule has 1 unspecified atom stereocenters. The molecule has 0 bridgehead atoms. The van der Waals surface area contributed by atoms with Crippen molar-refractivity contribution >= 4 is 11.6 Å². The monoisotopic (exact) mass is 262 g/mol. The van der Waals surface area contributed by atoms with Gasteiger partial charge in [0.1, 0.15) is 17.5 Å². The molecule has 1 aliphatic heterocycles. The van der Waals surface area contributed by atoms with Crippen LogP contribution in [-0.2, 0) is 4.74 Å². The zero-order valence-corrected chi connectivity index (χ0v) is 11.7. The first-order chi connectivity index (χ1) is 9.26. The molecule has 2 fully saturated rings. The normalized spacial score (nSPS) is 24.1. The molecule has 1 saturated heterocycles. The van der Waals surface area contributed by atoms with Gasteiger partial charge < -0.3 is 15.0 Å². The number of hydrogen-bond donors (Lipinski definition) is 1. The highest BCUT2D eigenvalue weighted by Crippen LogP contribution is 2.39. The Morgan fingerprint density at radius 2 is 2.21 bits per heavy atom. The number of ether oxygens (including phenoxy) is 1. The van der Waals surface area contributed by atoms with Crippen LogP contribution in [0.25, 0.3) is 0 Å². The largest absolute Gasteiger partial charge is 0.377 e. The van der Waals surface area contributed by atoms with Gasteiger partial charge in [0, 0.05) is 38.7 Å². The van der Waals surface area contributed by atoms with E-state index in [2.05, 4.69) is 22.1 Å². The van der Waals surface area contributed by atoms with Crippen LogP contribution in [0.3, 0.4) is 0 Å². The Morgan fingerprint density at radius 3 is 2.95 bits per heavy atom. The van der Waals surface area contributed by atoms with Crippen molar-refractivity contribution in [2.24, 2.45) is 0 Å². The van der Waals surface area contributed by atoms with Crippen LogP contribution >= 0.6 is 0 Å². The lowest BCUT2D eigenvalue weighted by Crippen LogP contribution is -2.31. The van der Waals surface area contributed by atoms with Gasteiger partial charge in [0.25, 0.3) is 0 Å². The Bertz CT molecular complexity index is 447. The lowest BCUT2D eigenvalue weighted by Gasteiger charge is -2.24. The fourth-order valence-electron chi connectivity index (χ4n) is 2.47. The van der Waals surface area contributed by atoms with E-state index in [1.165, 1.54) is 12.8 Å². The number of hydrogen-bond acceptors (Lipinski definition) is 5. The predicted octanol–water partition coefficient (Wildman–Crippen LogP) is 2.01. The Labute approximate surface area is 114 Å². The van der Waals surface area contributed by atoms with E-state index in [0.29, 0.717) is 5.92 Å². The second-order valence-corrected chi connectivity index (χ2v) is 5.47. The van der Waals surface area contributed by atoms with E-state index < -0.39 is 0 Å². The van der Waals surface area contributed by atoms with E-state index in [0.717, 1.165) is 43.6 Å². The molecule has 19 heavy (non-hydrogen) atoms. The van der Waals surface area contributed by atoms with Crippen molar-refractivity contribution in [1.29, 1.82) is 0 Å². The van der Waals surface area contributed by atoms with Crippen LogP contribution in [0.15, 0.2) is 6.07 Å². The number of nitrogens with one attached hydrogen (secondary N) is 1. The minimum atomic E-state index is 0.264. The number of aromatic nitrogens is 2. The van der Waals surface area contributed by atoms with E-state index in [-0.39, 0.29) is 6.10 Å². The first-order valence-corrected chi connectivity index (χ1v) is 7.19. The molecule has 5 heteroatoms. The van der Waals surface area contributed by atoms with Crippen molar-refractivity contribution in [3.05, 3.63) is 11.9 Å². The van der Waals surface area contributed by atoms with Crippen LogP contribution in [-0.4, -0.2) is 42.8 Å². The van der Waals surface area contributed by atoms with Crippen LogP contribution in [0.2, 0.25) is 0 Å². The summed E-state index contributed by atoms with van der Waals surface area (Å²) in [6, 6.07) is 2.05. The maximum Gasteiger partial charge on any atom is 0.136 e. The van der Waals surface area contributed by atoms with Gasteiger partial charge in [-0.2, -0.15) is 0 Å². The molecular weight excluding hydrogens is 240 g/mol. The third-order valence-corrected chi connectivity index (χ3v) is 3.70.